The number of halogens is 2. The number of hydrogen-bond acceptors (Lipinski definition) is 7. The summed E-state index contributed by atoms with van der Waals surface area (Å²) in [5.41, 5.74) is -0.248. The highest BCUT2D eigenvalue weighted by molar-refractivity contribution is 6.30. The summed E-state index contributed by atoms with van der Waals surface area (Å²) in [5.74, 6) is -1.27. The molecular weight excluding hydrogens is 551 g/mol. The van der Waals surface area contributed by atoms with Crippen molar-refractivity contribution in [3.8, 4) is 17.6 Å². The Morgan fingerprint density at radius 1 is 1.22 bits per heavy atom. The van der Waals surface area contributed by atoms with Gasteiger partial charge in [0.05, 0.1) is 35.0 Å². The summed E-state index contributed by atoms with van der Waals surface area (Å²) in [4.78, 5) is 44.7. The minimum Gasteiger partial charge on any atom is -0.450 e. The number of amides is 2. The second kappa shape index (κ2) is 11.7. The molecule has 1 aromatic carbocycles. The van der Waals surface area contributed by atoms with Gasteiger partial charge in [0.2, 0.25) is 5.91 Å². The van der Waals surface area contributed by atoms with Gasteiger partial charge < -0.3 is 15.0 Å². The van der Waals surface area contributed by atoms with Crippen molar-refractivity contribution in [3.05, 3.63) is 80.2 Å². The van der Waals surface area contributed by atoms with Crippen LogP contribution in [0.3, 0.4) is 0 Å². The van der Waals surface area contributed by atoms with Crippen molar-refractivity contribution in [1.82, 2.24) is 25.4 Å². The summed E-state index contributed by atoms with van der Waals surface area (Å²) in [6, 6.07) is 8.65. The number of nitriles is 1. The molecule has 1 aliphatic rings. The van der Waals surface area contributed by atoms with E-state index in [-0.39, 0.29) is 22.8 Å². The Labute approximate surface area is 241 Å². The number of carbonyl (C=O) groups is 2. The predicted molar refractivity (Wildman–Crippen MR) is 149 cm³/mol. The number of aromatic amines is 1. The van der Waals surface area contributed by atoms with E-state index < -0.39 is 46.7 Å². The van der Waals surface area contributed by atoms with Crippen LogP contribution in [0.1, 0.15) is 67.1 Å². The maximum Gasteiger partial charge on any atom is 0.307 e. The van der Waals surface area contributed by atoms with Crippen LogP contribution in [-0.4, -0.2) is 44.0 Å². The average molecular weight is 581 g/mol. The predicted octanol–water partition coefficient (Wildman–Crippen LogP) is 4.77. The summed E-state index contributed by atoms with van der Waals surface area (Å²) in [5, 5.41) is 19.0. The summed E-state index contributed by atoms with van der Waals surface area (Å²) < 4.78 is 20.5. The lowest BCUT2D eigenvalue weighted by Crippen LogP contribution is -2.52. The zero-order valence-electron chi connectivity index (χ0n) is 23.3. The van der Waals surface area contributed by atoms with Crippen molar-refractivity contribution < 1.29 is 18.7 Å². The number of aromatic nitrogens is 3. The molecule has 0 spiro atoms. The molecule has 3 atom stereocenters. The molecule has 0 aliphatic carbocycles. The fourth-order valence-electron chi connectivity index (χ4n) is 4.99. The van der Waals surface area contributed by atoms with Crippen LogP contribution in [-0.2, 0) is 4.79 Å². The number of rotatable bonds is 7. The van der Waals surface area contributed by atoms with E-state index in [2.05, 4.69) is 26.6 Å². The quantitative estimate of drug-likeness (QED) is 0.410. The van der Waals surface area contributed by atoms with Gasteiger partial charge in [-0.05, 0) is 77.8 Å². The lowest BCUT2D eigenvalue weighted by molar-refractivity contribution is -0.137. The lowest BCUT2D eigenvalue weighted by Gasteiger charge is -2.38. The molecule has 4 rings (SSSR count). The summed E-state index contributed by atoms with van der Waals surface area (Å²) in [6.45, 7) is 8.31. The van der Waals surface area contributed by atoms with Gasteiger partial charge in [0.1, 0.15) is 23.3 Å². The second-order valence-electron chi connectivity index (χ2n) is 10.6. The number of aryl methyl sites for hydroxylation is 2. The molecule has 2 aromatic heterocycles. The van der Waals surface area contributed by atoms with E-state index in [0.717, 1.165) is 0 Å². The molecule has 1 fully saturated rings. The van der Waals surface area contributed by atoms with E-state index in [0.29, 0.717) is 29.3 Å². The van der Waals surface area contributed by atoms with Crippen LogP contribution in [0.4, 0.5) is 4.39 Å². The number of ether oxygens (including phenoxy) is 1. The number of carbonyl (C=O) groups excluding carboxylic acids is 2. The second-order valence-corrected chi connectivity index (χ2v) is 11.1. The highest BCUT2D eigenvalue weighted by Gasteiger charge is 2.47. The van der Waals surface area contributed by atoms with Crippen molar-refractivity contribution in [1.29, 1.82) is 5.26 Å². The van der Waals surface area contributed by atoms with Crippen LogP contribution >= 0.6 is 11.6 Å². The molecule has 10 nitrogen and oxygen atoms in total. The smallest absolute Gasteiger partial charge is 0.307 e. The van der Waals surface area contributed by atoms with Gasteiger partial charge in [0, 0.05) is 16.7 Å². The van der Waals surface area contributed by atoms with Crippen molar-refractivity contribution in [2.45, 2.75) is 65.6 Å². The van der Waals surface area contributed by atoms with E-state index in [1.54, 1.807) is 27.7 Å². The lowest BCUT2D eigenvalue weighted by atomic mass is 9.84. The van der Waals surface area contributed by atoms with E-state index in [1.165, 1.54) is 48.2 Å². The number of H-pyrrole nitrogens is 1. The molecule has 3 aromatic rings. The summed E-state index contributed by atoms with van der Waals surface area (Å²) in [7, 11) is 0. The first kappa shape index (κ1) is 29.7. The fourth-order valence-corrected chi connectivity index (χ4v) is 5.17. The molecule has 0 bridgehead atoms. The molecule has 2 N–H and O–H groups in total. The maximum atomic E-state index is 14.9. The van der Waals surface area contributed by atoms with Gasteiger partial charge in [-0.25, -0.2) is 14.5 Å². The molecular formula is C29H30ClFN6O4. The van der Waals surface area contributed by atoms with Crippen LogP contribution in [0.15, 0.2) is 41.2 Å². The first-order valence-corrected chi connectivity index (χ1v) is 13.4. The first-order valence-electron chi connectivity index (χ1n) is 13.0. The van der Waals surface area contributed by atoms with Crippen molar-refractivity contribution in [2.75, 3.05) is 0 Å². The van der Waals surface area contributed by atoms with Gasteiger partial charge in [-0.3, -0.25) is 14.4 Å². The topological polar surface area (TPSA) is 141 Å². The first-order chi connectivity index (χ1) is 19.3. The standard InChI is InChI=1S/C29H30ClFN6O4/c1-15-12-24(27(39)36-35-15)41-23-10-8-21(33-16(23)2)26(38)34-17(3)28(40)37-22(9-11-25(37)29(4,5)14-32)19-13-18(30)6-7-20(19)31/h6-8,10,12-13,17,22,25H,9,11H2,1-5H3,(H,34,38)(H,36,39)/t17-,22+,25-/m1/s1. The largest absolute Gasteiger partial charge is 0.450 e. The number of pyridine rings is 1. The van der Waals surface area contributed by atoms with Crippen LogP contribution in [0, 0.1) is 36.4 Å². The number of benzene rings is 1. The Kier molecular flexibility index (Phi) is 8.44. The van der Waals surface area contributed by atoms with Crippen LogP contribution in [0.5, 0.6) is 11.5 Å². The molecule has 1 saturated heterocycles. The van der Waals surface area contributed by atoms with Gasteiger partial charge in [0.15, 0.2) is 5.75 Å². The van der Waals surface area contributed by atoms with Gasteiger partial charge in [-0.1, -0.05) is 11.6 Å². The molecule has 12 heteroatoms. The third-order valence-corrected chi connectivity index (χ3v) is 7.42. The molecule has 214 valence electrons. The van der Waals surface area contributed by atoms with E-state index in [9.17, 15) is 24.0 Å². The zero-order chi connectivity index (χ0) is 30.1. The van der Waals surface area contributed by atoms with Gasteiger partial charge in [0.25, 0.3) is 5.91 Å². The van der Waals surface area contributed by atoms with Crippen LogP contribution < -0.4 is 15.6 Å². The minimum atomic E-state index is -1.02. The molecule has 2 amide bonds. The highest BCUT2D eigenvalue weighted by atomic mass is 35.5. The van der Waals surface area contributed by atoms with Crippen molar-refractivity contribution in [2.24, 2.45) is 5.41 Å². The van der Waals surface area contributed by atoms with E-state index in [4.69, 9.17) is 16.3 Å². The van der Waals surface area contributed by atoms with Crippen LogP contribution in [0.2, 0.25) is 5.02 Å². The molecule has 0 unspecified atom stereocenters. The van der Waals surface area contributed by atoms with Crippen molar-refractivity contribution >= 4 is 23.4 Å². The van der Waals surface area contributed by atoms with E-state index in [1.807, 2.05) is 0 Å². The maximum absolute atomic E-state index is 14.9. The average Bonchev–Trinajstić information content (AvgIpc) is 3.38. The Balaban J connectivity index is 1.55. The monoisotopic (exact) mass is 580 g/mol. The summed E-state index contributed by atoms with van der Waals surface area (Å²) >= 11 is 6.14. The molecule has 1 aliphatic heterocycles. The fraction of sp³-hybridized carbons (Fsp3) is 0.379. The Hall–Kier alpha value is -4.30. The van der Waals surface area contributed by atoms with Gasteiger partial charge in [-0.15, -0.1) is 0 Å². The highest BCUT2D eigenvalue weighted by Crippen LogP contribution is 2.44. The van der Waals surface area contributed by atoms with Crippen LogP contribution in [0.25, 0.3) is 0 Å². The van der Waals surface area contributed by atoms with Gasteiger partial charge in [-0.2, -0.15) is 10.4 Å². The van der Waals surface area contributed by atoms with E-state index >= 15 is 0 Å². The SMILES string of the molecule is Cc1cc(Oc2ccc(C(=O)N[C@H](C)C(=O)N3[C@H](c4cc(Cl)ccc4F)CC[C@@H]3C(C)(C)C#N)nc2C)c(=O)[nH]n1. The minimum absolute atomic E-state index is 0.0297. The Bertz CT molecular complexity index is 1600. The number of nitrogens with zero attached hydrogens (tertiary/aromatic N) is 4. The third kappa shape index (κ3) is 6.23. The number of hydrogen-bond donors (Lipinski definition) is 2. The van der Waals surface area contributed by atoms with Gasteiger partial charge >= 0.3 is 5.56 Å². The number of likely N-dealkylation sites (tertiary alicyclic amines) is 1. The Morgan fingerprint density at radius 2 is 1.95 bits per heavy atom. The molecule has 0 saturated carbocycles. The summed E-state index contributed by atoms with van der Waals surface area (Å²) in [6.07, 6.45) is 0.910. The van der Waals surface area contributed by atoms with Crippen molar-refractivity contribution in [3.63, 3.8) is 0 Å². The number of nitrogens with one attached hydrogen (secondary N) is 2. The molecule has 41 heavy (non-hydrogen) atoms. The Morgan fingerprint density at radius 3 is 2.63 bits per heavy atom. The normalized spacial score (nSPS) is 17.6. The zero-order valence-corrected chi connectivity index (χ0v) is 24.0. The molecule has 0 radical (unpaired) electrons. The third-order valence-electron chi connectivity index (χ3n) is 7.18. The molecule has 3 heterocycles.